The summed E-state index contributed by atoms with van der Waals surface area (Å²) in [5.74, 6) is -1.04. The number of carboxylic acid groups (broad SMARTS) is 1. The SMILES string of the molecule is C[C@H](c1cccc2c1OCCOB2O)[C@H](N)C(=O)O. The van der Waals surface area contributed by atoms with E-state index in [0.717, 1.165) is 0 Å². The van der Waals surface area contributed by atoms with Gasteiger partial charge >= 0.3 is 13.1 Å². The zero-order valence-electron chi connectivity index (χ0n) is 10.6. The highest BCUT2D eigenvalue weighted by atomic mass is 16.6. The van der Waals surface area contributed by atoms with Gasteiger partial charge in [-0.1, -0.05) is 25.1 Å². The number of fused-ring (bicyclic) bond motifs is 1. The summed E-state index contributed by atoms with van der Waals surface area (Å²) >= 11 is 0. The predicted molar refractivity (Wildman–Crippen MR) is 69.5 cm³/mol. The molecule has 102 valence electrons. The lowest BCUT2D eigenvalue weighted by atomic mass is 9.76. The van der Waals surface area contributed by atoms with Crippen LogP contribution in [0.1, 0.15) is 18.4 Å². The zero-order valence-corrected chi connectivity index (χ0v) is 10.6. The lowest BCUT2D eigenvalue weighted by Crippen LogP contribution is -2.37. The quantitative estimate of drug-likeness (QED) is 0.624. The van der Waals surface area contributed by atoms with Crippen molar-refractivity contribution in [3.8, 4) is 5.75 Å². The lowest BCUT2D eigenvalue weighted by Gasteiger charge is -2.21. The van der Waals surface area contributed by atoms with Gasteiger partial charge in [-0.05, 0) is 5.56 Å². The van der Waals surface area contributed by atoms with Crippen LogP contribution in [-0.4, -0.2) is 42.5 Å². The average molecular weight is 265 g/mol. The minimum atomic E-state index is -1.07. The summed E-state index contributed by atoms with van der Waals surface area (Å²) in [6.45, 7) is 2.29. The van der Waals surface area contributed by atoms with Gasteiger partial charge in [-0.25, -0.2) is 0 Å². The van der Waals surface area contributed by atoms with Gasteiger partial charge in [0, 0.05) is 11.4 Å². The Morgan fingerprint density at radius 3 is 2.89 bits per heavy atom. The number of ether oxygens (including phenoxy) is 1. The summed E-state index contributed by atoms with van der Waals surface area (Å²) in [6.07, 6.45) is 0. The monoisotopic (exact) mass is 265 g/mol. The maximum absolute atomic E-state index is 11.0. The minimum absolute atomic E-state index is 0.272. The average Bonchev–Trinajstić information content (AvgIpc) is 2.59. The molecule has 7 heteroatoms. The molecule has 0 amide bonds. The van der Waals surface area contributed by atoms with Gasteiger partial charge in [0.1, 0.15) is 18.4 Å². The summed E-state index contributed by atoms with van der Waals surface area (Å²) in [6, 6.07) is 4.13. The first-order valence-corrected chi connectivity index (χ1v) is 6.06. The van der Waals surface area contributed by atoms with E-state index < -0.39 is 25.0 Å². The van der Waals surface area contributed by atoms with Gasteiger partial charge in [-0.3, -0.25) is 4.79 Å². The van der Waals surface area contributed by atoms with E-state index in [-0.39, 0.29) is 6.61 Å². The summed E-state index contributed by atoms with van der Waals surface area (Å²) < 4.78 is 10.7. The van der Waals surface area contributed by atoms with Gasteiger partial charge in [0.15, 0.2) is 0 Å². The molecule has 0 unspecified atom stereocenters. The second-order valence-electron chi connectivity index (χ2n) is 4.49. The van der Waals surface area contributed by atoms with Gasteiger partial charge in [-0.15, -0.1) is 0 Å². The van der Waals surface area contributed by atoms with E-state index >= 15 is 0 Å². The molecule has 1 aromatic carbocycles. The van der Waals surface area contributed by atoms with E-state index in [0.29, 0.717) is 23.4 Å². The van der Waals surface area contributed by atoms with E-state index in [1.165, 1.54) is 0 Å². The Kier molecular flexibility index (Phi) is 4.09. The van der Waals surface area contributed by atoms with Crippen LogP contribution in [0.4, 0.5) is 0 Å². The number of carboxylic acids is 1. The molecule has 4 N–H and O–H groups in total. The van der Waals surface area contributed by atoms with Crippen LogP contribution in [-0.2, 0) is 9.45 Å². The number of hydrogen-bond acceptors (Lipinski definition) is 5. The lowest BCUT2D eigenvalue weighted by molar-refractivity contribution is -0.139. The second kappa shape index (κ2) is 5.60. The fourth-order valence-corrected chi connectivity index (χ4v) is 2.09. The van der Waals surface area contributed by atoms with Crippen molar-refractivity contribution in [1.82, 2.24) is 0 Å². The molecule has 0 saturated carbocycles. The molecule has 0 spiro atoms. The number of rotatable bonds is 3. The van der Waals surface area contributed by atoms with Crippen molar-refractivity contribution in [3.63, 3.8) is 0 Å². The van der Waals surface area contributed by atoms with Gasteiger partial charge in [-0.2, -0.15) is 0 Å². The number of hydrogen-bond donors (Lipinski definition) is 3. The topological polar surface area (TPSA) is 102 Å². The Balaban J connectivity index is 2.42. The number of aliphatic carboxylic acids is 1. The van der Waals surface area contributed by atoms with Crippen molar-refractivity contribution < 1.29 is 24.3 Å². The van der Waals surface area contributed by atoms with Crippen LogP contribution >= 0.6 is 0 Å². The molecule has 2 rings (SSSR count). The maximum Gasteiger partial charge on any atom is 0.495 e. The standard InChI is InChI=1S/C12H16BNO5/c1-7(10(14)12(15)16)8-3-2-4-9-11(8)18-5-6-19-13(9)17/h2-4,7,10,17H,5-6,14H2,1H3,(H,15,16)/t7-,10+/m1/s1. The Morgan fingerprint density at radius 2 is 2.21 bits per heavy atom. The van der Waals surface area contributed by atoms with Crippen LogP contribution in [0.5, 0.6) is 5.75 Å². The van der Waals surface area contributed by atoms with Crippen molar-refractivity contribution in [1.29, 1.82) is 0 Å². The van der Waals surface area contributed by atoms with E-state index in [2.05, 4.69) is 0 Å². The van der Waals surface area contributed by atoms with E-state index in [9.17, 15) is 9.82 Å². The molecule has 0 saturated heterocycles. The summed E-state index contributed by atoms with van der Waals surface area (Å²) in [5, 5.41) is 18.8. The second-order valence-corrected chi connectivity index (χ2v) is 4.49. The Morgan fingerprint density at radius 1 is 1.47 bits per heavy atom. The first-order chi connectivity index (χ1) is 9.02. The van der Waals surface area contributed by atoms with E-state index in [1.54, 1.807) is 25.1 Å². The molecule has 19 heavy (non-hydrogen) atoms. The number of carbonyl (C=O) groups is 1. The fraction of sp³-hybridized carbons (Fsp3) is 0.417. The molecular weight excluding hydrogens is 249 g/mol. The fourth-order valence-electron chi connectivity index (χ4n) is 2.09. The largest absolute Gasteiger partial charge is 0.495 e. The first-order valence-electron chi connectivity index (χ1n) is 6.06. The third-order valence-electron chi connectivity index (χ3n) is 3.26. The smallest absolute Gasteiger partial charge is 0.491 e. The highest BCUT2D eigenvalue weighted by molar-refractivity contribution is 6.61. The van der Waals surface area contributed by atoms with Crippen molar-refractivity contribution in [2.75, 3.05) is 13.2 Å². The molecule has 0 radical (unpaired) electrons. The van der Waals surface area contributed by atoms with Crippen molar-refractivity contribution in [2.45, 2.75) is 18.9 Å². The van der Waals surface area contributed by atoms with Gasteiger partial charge in [0.05, 0.1) is 6.61 Å². The van der Waals surface area contributed by atoms with Crippen LogP contribution < -0.4 is 15.9 Å². The van der Waals surface area contributed by atoms with E-state index in [1.807, 2.05) is 0 Å². The molecule has 1 heterocycles. The predicted octanol–water partition coefficient (Wildman–Crippen LogP) is -0.701. The zero-order chi connectivity index (χ0) is 14.0. The number of benzene rings is 1. The third kappa shape index (κ3) is 2.73. The molecule has 0 fully saturated rings. The molecule has 1 aromatic rings. The number of nitrogens with two attached hydrogens (primary N) is 1. The summed E-state index contributed by atoms with van der Waals surface area (Å²) in [7, 11) is -1.06. The Labute approximate surface area is 111 Å². The van der Waals surface area contributed by atoms with Crippen molar-refractivity contribution in [3.05, 3.63) is 23.8 Å². The van der Waals surface area contributed by atoms with Gasteiger partial charge in [0.2, 0.25) is 0 Å². The molecule has 2 atom stereocenters. The first kappa shape index (κ1) is 13.9. The van der Waals surface area contributed by atoms with Crippen LogP contribution in [0.2, 0.25) is 0 Å². The molecule has 1 aliphatic heterocycles. The Bertz CT molecular complexity index is 481. The molecular formula is C12H16BNO5. The molecule has 0 aromatic heterocycles. The van der Waals surface area contributed by atoms with Crippen LogP contribution in [0, 0.1) is 0 Å². The van der Waals surface area contributed by atoms with Crippen molar-refractivity contribution in [2.24, 2.45) is 5.73 Å². The normalized spacial score (nSPS) is 17.9. The van der Waals surface area contributed by atoms with Crippen molar-refractivity contribution >= 4 is 18.6 Å². The third-order valence-corrected chi connectivity index (χ3v) is 3.26. The maximum atomic E-state index is 11.0. The minimum Gasteiger partial charge on any atom is -0.491 e. The number of para-hydroxylation sites is 1. The Hall–Kier alpha value is -1.57. The van der Waals surface area contributed by atoms with Crippen LogP contribution in [0.15, 0.2) is 18.2 Å². The highest BCUT2D eigenvalue weighted by Gasteiger charge is 2.30. The molecule has 0 aliphatic carbocycles. The molecule has 6 nitrogen and oxygen atoms in total. The van der Waals surface area contributed by atoms with E-state index in [4.69, 9.17) is 20.2 Å². The summed E-state index contributed by atoms with van der Waals surface area (Å²) in [4.78, 5) is 11.0. The summed E-state index contributed by atoms with van der Waals surface area (Å²) in [5.41, 5.74) is 6.81. The molecule has 0 bridgehead atoms. The van der Waals surface area contributed by atoms with Gasteiger partial charge in [0.25, 0.3) is 0 Å². The highest BCUT2D eigenvalue weighted by Crippen LogP contribution is 2.28. The van der Waals surface area contributed by atoms with Gasteiger partial charge < -0.3 is 25.3 Å². The van der Waals surface area contributed by atoms with Crippen LogP contribution in [0.3, 0.4) is 0 Å². The van der Waals surface area contributed by atoms with Crippen LogP contribution in [0.25, 0.3) is 0 Å². The molecule has 1 aliphatic rings.